The van der Waals surface area contributed by atoms with Gasteiger partial charge in [0.15, 0.2) is 0 Å². The van der Waals surface area contributed by atoms with Crippen LogP contribution in [0.4, 0.5) is 0 Å². The molecule has 8 heterocycles. The average Bonchev–Trinajstić information content (AvgIpc) is 4.01. The van der Waals surface area contributed by atoms with Gasteiger partial charge in [-0.3, -0.25) is 0 Å². The van der Waals surface area contributed by atoms with Crippen LogP contribution >= 0.6 is 0 Å². The third-order valence-corrected chi connectivity index (χ3v) is 15.8. The van der Waals surface area contributed by atoms with Crippen molar-refractivity contribution in [3.63, 3.8) is 0 Å². The second-order valence-corrected chi connectivity index (χ2v) is 20.5. The molecule has 4 fully saturated rings. The second-order valence-electron chi connectivity index (χ2n) is 17.9. The molecule has 0 radical (unpaired) electrons. The zero-order valence-electron chi connectivity index (χ0n) is 32.0. The van der Waals surface area contributed by atoms with Crippen LogP contribution in [0.2, 0.25) is 0 Å². The van der Waals surface area contributed by atoms with Gasteiger partial charge in [-0.1, -0.05) is 0 Å². The van der Waals surface area contributed by atoms with E-state index in [9.17, 15) is 0 Å². The Morgan fingerprint density at radius 3 is 1.25 bits per heavy atom. The molecule has 6 bridgehead atoms. The molecule has 9 heteroatoms. The van der Waals surface area contributed by atoms with Crippen molar-refractivity contribution in [2.75, 3.05) is 26.4 Å². The summed E-state index contributed by atoms with van der Waals surface area (Å²) >= 11 is -0.821. The van der Waals surface area contributed by atoms with Crippen LogP contribution < -0.4 is 0 Å². The van der Waals surface area contributed by atoms with Crippen LogP contribution in [0, 0.1) is 0 Å². The zero-order chi connectivity index (χ0) is 37.1. The summed E-state index contributed by atoms with van der Waals surface area (Å²) in [6, 6.07) is 32.5. The topological polar surface area (TPSA) is 49.9 Å². The van der Waals surface area contributed by atoms with Crippen LogP contribution in [0.25, 0.3) is 22.3 Å². The minimum absolute atomic E-state index is 0.00814. The third-order valence-electron chi connectivity index (χ3n) is 12.6. The summed E-state index contributed by atoms with van der Waals surface area (Å²) in [4.78, 5) is 10.0. The number of hydrogen-bond donors (Lipinski definition) is 0. The van der Waals surface area contributed by atoms with Crippen molar-refractivity contribution in [1.82, 2.24) is 19.6 Å². The predicted octanol–water partition coefficient (Wildman–Crippen LogP) is 8.37. The van der Waals surface area contributed by atoms with Crippen LogP contribution in [0.5, 0.6) is 0 Å². The molecule has 8 aliphatic heterocycles. The number of hydrogen-bond acceptors (Lipinski definition) is 8. The molecule has 4 saturated heterocycles. The van der Waals surface area contributed by atoms with Crippen molar-refractivity contribution < 1.29 is 36.6 Å². The molecule has 0 N–H and O–H groups in total. The summed E-state index contributed by atoms with van der Waals surface area (Å²) in [6.45, 7) is 16.0. The molecule has 282 valence electrons. The fourth-order valence-electron chi connectivity index (χ4n) is 9.58. The normalized spacial score (nSPS) is 25.3. The van der Waals surface area contributed by atoms with Crippen molar-refractivity contribution in [2.24, 2.45) is 0 Å². The Morgan fingerprint density at radius 1 is 0.473 bits per heavy atom. The molecule has 0 aliphatic carbocycles. The Balaban J connectivity index is 1.10. The summed E-state index contributed by atoms with van der Waals surface area (Å²) in [6.07, 6.45) is 0. The molecule has 8 nitrogen and oxygen atoms in total. The van der Waals surface area contributed by atoms with Crippen LogP contribution in [-0.4, -0.2) is 54.3 Å². The summed E-state index contributed by atoms with van der Waals surface area (Å²) in [7, 11) is 0. The van der Waals surface area contributed by atoms with Gasteiger partial charge in [-0.05, 0) is 0 Å². The van der Waals surface area contributed by atoms with Gasteiger partial charge in [-0.2, -0.15) is 0 Å². The Hall–Kier alpha value is -4.81. The van der Waals surface area contributed by atoms with Crippen molar-refractivity contribution in [3.05, 3.63) is 142 Å². The molecule has 0 aromatic heterocycles. The van der Waals surface area contributed by atoms with E-state index in [4.69, 9.17) is 18.9 Å². The molecule has 0 spiro atoms. The molecule has 0 saturated carbocycles. The third kappa shape index (κ3) is 4.43. The molecule has 0 amide bonds. The first-order chi connectivity index (χ1) is 26.5. The van der Waals surface area contributed by atoms with E-state index >= 15 is 0 Å². The predicted molar refractivity (Wildman–Crippen MR) is 207 cm³/mol. The Bertz CT molecular complexity index is 2370. The van der Waals surface area contributed by atoms with Crippen molar-refractivity contribution in [2.45, 2.75) is 76.5 Å². The van der Waals surface area contributed by atoms with Crippen LogP contribution in [0.3, 0.4) is 0 Å². The van der Waals surface area contributed by atoms with Gasteiger partial charge in [-0.15, -0.1) is 0 Å². The SMILES string of the molecule is CC(C)(C)c1cccc(-c2ccc3cc2C2COC4=C5OCC6c7cc(ccc7-c7cccc(C(C)(C)C)c7)C7COC8=C9OCC3N9[C](=[Pt]=[C](N42)N56)N87)c1. The molecule has 4 atom stereocenters. The van der Waals surface area contributed by atoms with E-state index in [0.717, 1.165) is 23.5 Å². The molecule has 4 unspecified atom stereocenters. The Morgan fingerprint density at radius 2 is 0.855 bits per heavy atom. The first-order valence-electron chi connectivity index (χ1n) is 19.5. The van der Waals surface area contributed by atoms with E-state index in [1.54, 1.807) is 0 Å². The van der Waals surface area contributed by atoms with Crippen LogP contribution in [-0.2, 0) is 47.4 Å². The molecular weight excluding hydrogens is 868 g/mol. The first-order valence-corrected chi connectivity index (χ1v) is 21.8. The fraction of sp³-hybridized carbons (Fsp3) is 0.348. The van der Waals surface area contributed by atoms with Crippen molar-refractivity contribution in [3.8, 4) is 22.3 Å². The van der Waals surface area contributed by atoms with Gasteiger partial charge in [-0.25, -0.2) is 0 Å². The van der Waals surface area contributed by atoms with E-state index in [1.807, 2.05) is 0 Å². The van der Waals surface area contributed by atoms with Gasteiger partial charge >= 0.3 is 332 Å². The fourth-order valence-corrected chi connectivity index (χ4v) is 13.5. The molecule has 4 aromatic rings. The van der Waals surface area contributed by atoms with Gasteiger partial charge in [0, 0.05) is 0 Å². The van der Waals surface area contributed by atoms with E-state index in [0.29, 0.717) is 26.4 Å². The van der Waals surface area contributed by atoms with Crippen molar-refractivity contribution in [1.29, 1.82) is 0 Å². The molecule has 4 aromatic carbocycles. The van der Waals surface area contributed by atoms with E-state index in [-0.39, 0.29) is 35.0 Å². The quantitative estimate of drug-likeness (QED) is 0.199. The van der Waals surface area contributed by atoms with Crippen LogP contribution in [0.1, 0.15) is 99.1 Å². The minimum atomic E-state index is -0.821. The Labute approximate surface area is 330 Å². The second kappa shape index (κ2) is 10.9. The maximum atomic E-state index is 6.82. The molecule has 8 aliphatic rings. The van der Waals surface area contributed by atoms with Gasteiger partial charge in [0.1, 0.15) is 0 Å². The maximum absolute atomic E-state index is 6.82. The average molecular weight is 912 g/mol. The van der Waals surface area contributed by atoms with Crippen LogP contribution in [0.15, 0.2) is 108 Å². The number of rotatable bonds is 2. The molecule has 12 rings (SSSR count). The standard InChI is InChI=1S/C46H44N4O4.Pt/c1-45(2,3)31-11-7-9-27(17-31)33-15-13-29-19-35(33)39-23-53-43-44-50(26-49(39)43)40(24-54-44)36-20-30(14-16-34(36)28-10-8-12-32(18-28)46(4,5)6)38-22-52-42-41-47(25-48(38)42)37(29)21-51-41;/h7-20,37-40H,21-24H2,1-6H3;. The summed E-state index contributed by atoms with van der Waals surface area (Å²) < 4.78 is 29.6. The zero-order valence-corrected chi connectivity index (χ0v) is 34.2. The number of benzene rings is 4. The van der Waals surface area contributed by atoms with Gasteiger partial charge in [0.05, 0.1) is 0 Å². The molecule has 55 heavy (non-hydrogen) atoms. The Kier molecular flexibility index (Phi) is 6.45. The van der Waals surface area contributed by atoms with Gasteiger partial charge < -0.3 is 0 Å². The number of nitrogens with zero attached hydrogens (tertiary/aromatic N) is 4. The number of fused-ring (bicyclic) bond motifs is 8. The van der Waals surface area contributed by atoms with Gasteiger partial charge in [0.25, 0.3) is 0 Å². The van der Waals surface area contributed by atoms with E-state index in [1.165, 1.54) is 63.9 Å². The summed E-state index contributed by atoms with van der Waals surface area (Å²) in [5.41, 5.74) is 12.8. The number of ether oxygens (including phenoxy) is 4. The van der Waals surface area contributed by atoms with Gasteiger partial charge in [0.2, 0.25) is 0 Å². The first kappa shape index (κ1) is 32.4. The summed E-state index contributed by atoms with van der Waals surface area (Å²) in [5.74, 6) is 3.42. The van der Waals surface area contributed by atoms with E-state index < -0.39 is 17.6 Å². The molecular formula is C46H44N4O4Pt. The summed E-state index contributed by atoms with van der Waals surface area (Å²) in [5, 5.41) is 0. The monoisotopic (exact) mass is 911 g/mol. The van der Waals surface area contributed by atoms with Crippen molar-refractivity contribution >= 4 is 8.29 Å². The van der Waals surface area contributed by atoms with E-state index in [2.05, 4.69) is 146 Å².